The Morgan fingerprint density at radius 3 is 2.73 bits per heavy atom. The highest BCUT2D eigenvalue weighted by Gasteiger charge is 2.38. The molecule has 0 aromatic carbocycles. The molecule has 0 atom stereocenters. The van der Waals surface area contributed by atoms with Gasteiger partial charge in [0.15, 0.2) is 0 Å². The Morgan fingerprint density at radius 1 is 1.60 bits per heavy atom. The fraction of sp³-hybridized carbons (Fsp3) is 0.545. The van der Waals surface area contributed by atoms with Gasteiger partial charge < -0.3 is 4.90 Å². The van der Waals surface area contributed by atoms with Crippen molar-refractivity contribution in [1.82, 2.24) is 0 Å². The molecular formula is C11H13BrN2S. The zero-order chi connectivity index (χ0) is 10.9. The summed E-state index contributed by atoms with van der Waals surface area (Å²) in [4.78, 5) is 2.19. The second kappa shape index (κ2) is 4.15. The molecule has 0 saturated heterocycles. The minimum atomic E-state index is -0.0782. The van der Waals surface area contributed by atoms with E-state index in [1.807, 2.05) is 0 Å². The number of hydrogen-bond donors (Lipinski definition) is 0. The molecule has 2 nitrogen and oxygen atoms in total. The van der Waals surface area contributed by atoms with Gasteiger partial charge in [0.2, 0.25) is 0 Å². The quantitative estimate of drug-likeness (QED) is 0.847. The molecule has 1 aliphatic rings. The van der Waals surface area contributed by atoms with Crippen LogP contribution in [0.2, 0.25) is 0 Å². The fourth-order valence-corrected chi connectivity index (χ4v) is 3.27. The predicted octanol–water partition coefficient (Wildman–Crippen LogP) is 3.64. The van der Waals surface area contributed by atoms with E-state index in [-0.39, 0.29) is 5.41 Å². The second-order valence-corrected chi connectivity index (χ2v) is 6.62. The lowest BCUT2D eigenvalue weighted by atomic mass is 9.70. The number of nitriles is 1. The van der Waals surface area contributed by atoms with Crippen LogP contribution in [0.15, 0.2) is 15.9 Å². The zero-order valence-electron chi connectivity index (χ0n) is 8.66. The topological polar surface area (TPSA) is 27.0 Å². The number of rotatable bonds is 3. The Hall–Kier alpha value is -0.530. The van der Waals surface area contributed by atoms with Gasteiger partial charge in [0.1, 0.15) is 0 Å². The lowest BCUT2D eigenvalue weighted by Gasteiger charge is -2.38. The highest BCUT2D eigenvalue weighted by atomic mass is 79.9. The van der Waals surface area contributed by atoms with Crippen molar-refractivity contribution in [2.45, 2.75) is 19.3 Å². The molecule has 1 heterocycles. The standard InChI is InChI=1S/C11H13BrN2S/c1-14(10-4-3-9(12)15-10)8-11(7-13)5-2-6-11/h3-4H,2,5-6,8H2,1H3. The monoisotopic (exact) mass is 284 g/mol. The molecule has 0 amide bonds. The van der Waals surface area contributed by atoms with Crippen LogP contribution in [0.3, 0.4) is 0 Å². The average molecular weight is 285 g/mol. The van der Waals surface area contributed by atoms with E-state index in [9.17, 15) is 0 Å². The van der Waals surface area contributed by atoms with Crippen LogP contribution >= 0.6 is 27.3 Å². The molecule has 1 saturated carbocycles. The summed E-state index contributed by atoms with van der Waals surface area (Å²) in [5.74, 6) is 0. The normalized spacial score (nSPS) is 17.9. The fourth-order valence-electron chi connectivity index (χ4n) is 1.95. The van der Waals surface area contributed by atoms with Crippen LogP contribution in [0.25, 0.3) is 0 Å². The third-order valence-electron chi connectivity index (χ3n) is 3.02. The molecule has 0 radical (unpaired) electrons. The van der Waals surface area contributed by atoms with E-state index < -0.39 is 0 Å². The van der Waals surface area contributed by atoms with E-state index in [1.165, 1.54) is 11.4 Å². The van der Waals surface area contributed by atoms with Gasteiger partial charge in [-0.3, -0.25) is 0 Å². The van der Waals surface area contributed by atoms with E-state index in [1.54, 1.807) is 11.3 Å². The van der Waals surface area contributed by atoms with Gasteiger partial charge in [0, 0.05) is 13.6 Å². The van der Waals surface area contributed by atoms with E-state index in [4.69, 9.17) is 5.26 Å². The molecule has 0 N–H and O–H groups in total. The summed E-state index contributed by atoms with van der Waals surface area (Å²) in [5.41, 5.74) is -0.0782. The van der Waals surface area contributed by atoms with Crippen molar-refractivity contribution in [2.24, 2.45) is 5.41 Å². The minimum absolute atomic E-state index is 0.0782. The van der Waals surface area contributed by atoms with Gasteiger partial charge >= 0.3 is 0 Å². The van der Waals surface area contributed by atoms with Crippen molar-refractivity contribution < 1.29 is 0 Å². The second-order valence-electron chi connectivity index (χ2n) is 4.18. The third-order valence-corrected chi connectivity index (χ3v) is 4.76. The first-order valence-corrected chi connectivity index (χ1v) is 6.64. The van der Waals surface area contributed by atoms with Crippen LogP contribution in [0, 0.1) is 16.7 Å². The summed E-state index contributed by atoms with van der Waals surface area (Å²) in [6.07, 6.45) is 3.32. The van der Waals surface area contributed by atoms with E-state index in [2.05, 4.69) is 46.1 Å². The summed E-state index contributed by atoms with van der Waals surface area (Å²) in [7, 11) is 2.07. The van der Waals surface area contributed by atoms with Crippen molar-refractivity contribution in [2.75, 3.05) is 18.5 Å². The molecule has 4 heteroatoms. The zero-order valence-corrected chi connectivity index (χ0v) is 11.1. The Morgan fingerprint density at radius 2 is 2.33 bits per heavy atom. The first-order chi connectivity index (χ1) is 7.15. The van der Waals surface area contributed by atoms with Crippen LogP contribution in [0.5, 0.6) is 0 Å². The number of thiophene rings is 1. The third kappa shape index (κ3) is 2.19. The summed E-state index contributed by atoms with van der Waals surface area (Å²) in [6, 6.07) is 6.62. The van der Waals surface area contributed by atoms with Crippen molar-refractivity contribution in [3.8, 4) is 6.07 Å². The molecule has 80 valence electrons. The molecule has 0 spiro atoms. The SMILES string of the molecule is CN(CC1(C#N)CCC1)c1ccc(Br)s1. The van der Waals surface area contributed by atoms with Crippen molar-refractivity contribution >= 4 is 32.3 Å². The van der Waals surface area contributed by atoms with Crippen LogP contribution in [0.4, 0.5) is 5.00 Å². The largest absolute Gasteiger partial charge is 0.365 e. The van der Waals surface area contributed by atoms with Gasteiger partial charge in [0.05, 0.1) is 20.3 Å². The molecule has 1 aliphatic carbocycles. The highest BCUT2D eigenvalue weighted by Crippen LogP contribution is 2.42. The van der Waals surface area contributed by atoms with Gasteiger partial charge in [-0.2, -0.15) is 5.26 Å². The number of nitrogens with zero attached hydrogens (tertiary/aromatic N) is 2. The van der Waals surface area contributed by atoms with Crippen LogP contribution < -0.4 is 4.90 Å². The number of hydrogen-bond acceptors (Lipinski definition) is 3. The lowest BCUT2D eigenvalue weighted by molar-refractivity contribution is 0.223. The molecular weight excluding hydrogens is 272 g/mol. The Balaban J connectivity index is 2.04. The maximum atomic E-state index is 9.16. The summed E-state index contributed by atoms with van der Waals surface area (Å²) in [6.45, 7) is 0.858. The smallest absolute Gasteiger partial charge is 0.0918 e. The van der Waals surface area contributed by atoms with Gasteiger partial charge in [-0.05, 0) is 40.9 Å². The van der Waals surface area contributed by atoms with Gasteiger partial charge in [-0.15, -0.1) is 11.3 Å². The highest BCUT2D eigenvalue weighted by molar-refractivity contribution is 9.11. The van der Waals surface area contributed by atoms with E-state index in [0.717, 1.165) is 23.2 Å². The van der Waals surface area contributed by atoms with Crippen LogP contribution in [0.1, 0.15) is 19.3 Å². The maximum absolute atomic E-state index is 9.16. The first-order valence-electron chi connectivity index (χ1n) is 5.03. The Bertz CT molecular complexity index is 390. The van der Waals surface area contributed by atoms with E-state index in [0.29, 0.717) is 0 Å². The van der Waals surface area contributed by atoms with Gasteiger partial charge in [-0.1, -0.05) is 6.42 Å². The van der Waals surface area contributed by atoms with Crippen molar-refractivity contribution in [3.63, 3.8) is 0 Å². The number of anilines is 1. The molecule has 0 aliphatic heterocycles. The van der Waals surface area contributed by atoms with Gasteiger partial charge in [0.25, 0.3) is 0 Å². The molecule has 0 bridgehead atoms. The van der Waals surface area contributed by atoms with Crippen LogP contribution in [-0.2, 0) is 0 Å². The molecule has 2 rings (SSSR count). The number of halogens is 1. The maximum Gasteiger partial charge on any atom is 0.0918 e. The summed E-state index contributed by atoms with van der Waals surface area (Å²) in [5, 5.41) is 10.4. The predicted molar refractivity (Wildman–Crippen MR) is 67.2 cm³/mol. The van der Waals surface area contributed by atoms with Crippen molar-refractivity contribution in [3.05, 3.63) is 15.9 Å². The lowest BCUT2D eigenvalue weighted by Crippen LogP contribution is -2.39. The van der Waals surface area contributed by atoms with E-state index >= 15 is 0 Å². The molecule has 0 unspecified atom stereocenters. The van der Waals surface area contributed by atoms with Gasteiger partial charge in [-0.25, -0.2) is 0 Å². The average Bonchev–Trinajstić information content (AvgIpc) is 2.58. The Labute approximate surface area is 103 Å². The van der Waals surface area contributed by atoms with Crippen molar-refractivity contribution in [1.29, 1.82) is 5.26 Å². The molecule has 1 fully saturated rings. The molecule has 1 aromatic rings. The minimum Gasteiger partial charge on any atom is -0.365 e. The molecule has 1 aromatic heterocycles. The first kappa shape index (κ1) is 11.0. The molecule has 15 heavy (non-hydrogen) atoms. The van der Waals surface area contributed by atoms with Crippen LogP contribution in [-0.4, -0.2) is 13.6 Å². The summed E-state index contributed by atoms with van der Waals surface area (Å²) < 4.78 is 1.14. The summed E-state index contributed by atoms with van der Waals surface area (Å²) >= 11 is 5.17. The Kier molecular flexibility index (Phi) is 3.03.